The van der Waals surface area contributed by atoms with Gasteiger partial charge in [-0.05, 0) is 78.7 Å². The van der Waals surface area contributed by atoms with Crippen molar-refractivity contribution >= 4 is 5.69 Å². The first-order valence-corrected chi connectivity index (χ1v) is 8.99. The van der Waals surface area contributed by atoms with Gasteiger partial charge in [-0.3, -0.25) is 0 Å². The highest BCUT2D eigenvalue weighted by Crippen LogP contribution is 2.44. The van der Waals surface area contributed by atoms with Crippen molar-refractivity contribution in [2.45, 2.75) is 64.2 Å². The fourth-order valence-electron chi connectivity index (χ4n) is 4.63. The number of hydrogen-bond donors (Lipinski definition) is 0. The Hall–Kier alpha value is -1.43. The molecule has 0 unspecified atom stereocenters. The topological polar surface area (TPSA) is 4.36 Å². The molecule has 3 rings (SSSR count). The summed E-state index contributed by atoms with van der Waals surface area (Å²) in [6.45, 7) is 7.43. The minimum atomic E-state index is -0.909. The van der Waals surface area contributed by atoms with Gasteiger partial charge < -0.3 is 0 Å². The van der Waals surface area contributed by atoms with E-state index in [2.05, 4.69) is 11.8 Å². The maximum Gasteiger partial charge on any atom is 0.378 e. The van der Waals surface area contributed by atoms with Crippen molar-refractivity contribution in [2.24, 2.45) is 17.8 Å². The van der Waals surface area contributed by atoms with Crippen LogP contribution in [0.5, 0.6) is 0 Å². The molecule has 0 aromatic heterocycles. The molecule has 23 heavy (non-hydrogen) atoms. The SMILES string of the molecule is C#[N+]c1ccc(C2CCC(C3CCC(C)CC3)CC2)c(F)c1F. The van der Waals surface area contributed by atoms with E-state index in [0.29, 0.717) is 5.56 Å². The molecule has 2 saturated carbocycles. The van der Waals surface area contributed by atoms with E-state index in [4.69, 9.17) is 6.57 Å². The van der Waals surface area contributed by atoms with Crippen molar-refractivity contribution in [1.82, 2.24) is 0 Å². The van der Waals surface area contributed by atoms with Gasteiger partial charge in [-0.1, -0.05) is 19.8 Å². The first kappa shape index (κ1) is 16.4. The van der Waals surface area contributed by atoms with Crippen LogP contribution in [0.1, 0.15) is 69.8 Å². The maximum atomic E-state index is 14.2. The third-order valence-electron chi connectivity index (χ3n) is 6.17. The minimum Gasteiger partial charge on any atom is -0.203 e. The molecule has 3 heteroatoms. The number of benzene rings is 1. The van der Waals surface area contributed by atoms with E-state index >= 15 is 0 Å². The van der Waals surface area contributed by atoms with Gasteiger partial charge in [0.15, 0.2) is 5.82 Å². The van der Waals surface area contributed by atoms with Gasteiger partial charge >= 0.3 is 5.69 Å². The summed E-state index contributed by atoms with van der Waals surface area (Å²) in [6.07, 6.45) is 9.64. The van der Waals surface area contributed by atoms with Gasteiger partial charge in [0.2, 0.25) is 5.82 Å². The summed E-state index contributed by atoms with van der Waals surface area (Å²) in [5.41, 5.74) is 0.405. The van der Waals surface area contributed by atoms with Gasteiger partial charge in [0.25, 0.3) is 6.57 Å². The maximum absolute atomic E-state index is 14.2. The quantitative estimate of drug-likeness (QED) is 0.574. The molecule has 1 aromatic carbocycles. The van der Waals surface area contributed by atoms with Crippen LogP contribution >= 0.6 is 0 Å². The van der Waals surface area contributed by atoms with Crippen LogP contribution < -0.4 is 0 Å². The zero-order chi connectivity index (χ0) is 16.4. The summed E-state index contributed by atoms with van der Waals surface area (Å²) in [5, 5.41) is 0. The van der Waals surface area contributed by atoms with Crippen molar-refractivity contribution < 1.29 is 8.78 Å². The van der Waals surface area contributed by atoms with Crippen LogP contribution in [-0.4, -0.2) is 0 Å². The number of rotatable bonds is 2. The van der Waals surface area contributed by atoms with Gasteiger partial charge in [0.05, 0.1) is 0 Å². The molecule has 0 spiro atoms. The van der Waals surface area contributed by atoms with Crippen LogP contribution in [0.4, 0.5) is 14.5 Å². The number of hydrogen-bond acceptors (Lipinski definition) is 0. The summed E-state index contributed by atoms with van der Waals surface area (Å²) in [5.74, 6) is 0.985. The van der Waals surface area contributed by atoms with Crippen LogP contribution in [0.25, 0.3) is 4.85 Å². The molecular formula is C20H26F2N+. The average molecular weight is 318 g/mol. The summed E-state index contributed by atoms with van der Waals surface area (Å²) < 4.78 is 28.1. The molecule has 0 amide bonds. The summed E-state index contributed by atoms with van der Waals surface area (Å²) in [7, 11) is 0. The lowest BCUT2D eigenvalue weighted by Gasteiger charge is -2.37. The van der Waals surface area contributed by atoms with E-state index in [-0.39, 0.29) is 11.6 Å². The van der Waals surface area contributed by atoms with Crippen LogP contribution in [0, 0.1) is 36.0 Å². The summed E-state index contributed by atoms with van der Waals surface area (Å²) >= 11 is 0. The first-order valence-electron chi connectivity index (χ1n) is 8.99. The molecule has 0 radical (unpaired) electrons. The molecule has 124 valence electrons. The van der Waals surface area contributed by atoms with E-state index in [9.17, 15) is 8.78 Å². The lowest BCUT2D eigenvalue weighted by molar-refractivity contribution is 0.164. The molecule has 1 aromatic rings. The third-order valence-corrected chi connectivity index (χ3v) is 6.17. The molecule has 2 aliphatic carbocycles. The Kier molecular flexibility index (Phi) is 4.99. The van der Waals surface area contributed by atoms with Crippen molar-refractivity contribution in [2.75, 3.05) is 0 Å². The molecule has 0 atom stereocenters. The highest BCUT2D eigenvalue weighted by atomic mass is 19.2. The lowest BCUT2D eigenvalue weighted by Crippen LogP contribution is -2.25. The van der Waals surface area contributed by atoms with Crippen LogP contribution in [0.15, 0.2) is 12.1 Å². The van der Waals surface area contributed by atoms with E-state index in [1.165, 1.54) is 31.7 Å². The fourth-order valence-corrected chi connectivity index (χ4v) is 4.63. The molecule has 2 fully saturated rings. The van der Waals surface area contributed by atoms with E-state index in [1.807, 2.05) is 0 Å². The van der Waals surface area contributed by atoms with Crippen molar-refractivity contribution in [3.63, 3.8) is 0 Å². The Morgan fingerprint density at radius 3 is 2.00 bits per heavy atom. The van der Waals surface area contributed by atoms with Gasteiger partial charge in [-0.2, -0.15) is 4.39 Å². The zero-order valence-corrected chi connectivity index (χ0v) is 13.9. The Bertz CT molecular complexity index is 588. The predicted molar refractivity (Wildman–Crippen MR) is 90.1 cm³/mol. The van der Waals surface area contributed by atoms with Crippen LogP contribution in [-0.2, 0) is 0 Å². The monoisotopic (exact) mass is 318 g/mol. The molecule has 1 nitrogen and oxygen atoms in total. The lowest BCUT2D eigenvalue weighted by atomic mass is 9.68. The Balaban J connectivity index is 1.63. The zero-order valence-electron chi connectivity index (χ0n) is 13.9. The van der Waals surface area contributed by atoms with Gasteiger partial charge in [0.1, 0.15) is 0 Å². The Morgan fingerprint density at radius 1 is 0.870 bits per heavy atom. The molecular weight excluding hydrogens is 292 g/mol. The second kappa shape index (κ2) is 6.99. The largest absolute Gasteiger partial charge is 0.378 e. The minimum absolute atomic E-state index is 0.101. The summed E-state index contributed by atoms with van der Waals surface area (Å²) in [6, 6.07) is 3.15. The van der Waals surface area contributed by atoms with E-state index in [0.717, 1.165) is 43.4 Å². The summed E-state index contributed by atoms with van der Waals surface area (Å²) in [4.78, 5) is 3.28. The normalized spacial score (nSPS) is 31.6. The third kappa shape index (κ3) is 3.42. The molecule has 0 heterocycles. The molecule has 2 aliphatic rings. The van der Waals surface area contributed by atoms with Gasteiger partial charge in [-0.25, -0.2) is 4.39 Å². The van der Waals surface area contributed by atoms with Gasteiger partial charge in [0, 0.05) is 6.07 Å². The number of nitrogens with zero attached hydrogens (tertiary/aromatic N) is 1. The van der Waals surface area contributed by atoms with E-state index in [1.54, 1.807) is 6.07 Å². The Morgan fingerprint density at radius 2 is 1.43 bits per heavy atom. The first-order chi connectivity index (χ1) is 11.1. The second-order valence-corrected chi connectivity index (χ2v) is 7.56. The van der Waals surface area contributed by atoms with E-state index < -0.39 is 11.6 Å². The standard InChI is InChI=1S/C20H26F2N/c1-13-3-5-14(6-4-13)15-7-9-16(10-8-15)17-11-12-18(23-2)20(22)19(17)21/h2,11-16H,3-10H2,1H3/q+1. The highest BCUT2D eigenvalue weighted by molar-refractivity contribution is 5.49. The fraction of sp³-hybridized carbons (Fsp3) is 0.650. The predicted octanol–water partition coefficient (Wildman–Crippen LogP) is 6.66. The molecule has 0 bridgehead atoms. The number of halogens is 2. The molecule has 0 N–H and O–H groups in total. The molecule has 0 aliphatic heterocycles. The van der Waals surface area contributed by atoms with Crippen molar-refractivity contribution in [1.29, 1.82) is 0 Å². The second-order valence-electron chi connectivity index (χ2n) is 7.56. The molecule has 0 saturated heterocycles. The van der Waals surface area contributed by atoms with Gasteiger partial charge in [-0.15, -0.1) is 0 Å². The smallest absolute Gasteiger partial charge is 0.203 e. The Labute approximate surface area is 137 Å². The van der Waals surface area contributed by atoms with Crippen LogP contribution in [0.2, 0.25) is 0 Å². The van der Waals surface area contributed by atoms with Crippen molar-refractivity contribution in [3.8, 4) is 6.57 Å². The van der Waals surface area contributed by atoms with Crippen molar-refractivity contribution in [3.05, 3.63) is 34.2 Å². The highest BCUT2D eigenvalue weighted by Gasteiger charge is 2.32. The average Bonchev–Trinajstić information content (AvgIpc) is 2.58. The van der Waals surface area contributed by atoms with Crippen LogP contribution in [0.3, 0.4) is 0 Å².